The van der Waals surface area contributed by atoms with Gasteiger partial charge in [-0.15, -0.1) is 0 Å². The van der Waals surface area contributed by atoms with Gasteiger partial charge in [0.15, 0.2) is 0 Å². The molecule has 1 heterocycles. The van der Waals surface area contributed by atoms with Crippen molar-refractivity contribution >= 4 is 17.5 Å². The van der Waals surface area contributed by atoms with Gasteiger partial charge < -0.3 is 10.2 Å². The average molecular weight is 354 g/mol. The van der Waals surface area contributed by atoms with E-state index < -0.39 is 5.92 Å². The summed E-state index contributed by atoms with van der Waals surface area (Å²) in [6, 6.07) is 13.7. The monoisotopic (exact) mass is 354 g/mol. The van der Waals surface area contributed by atoms with Crippen LogP contribution in [-0.4, -0.2) is 18.4 Å². The molecule has 2 atom stereocenters. The first-order chi connectivity index (χ1) is 12.5. The fourth-order valence-corrected chi connectivity index (χ4v) is 3.27. The summed E-state index contributed by atoms with van der Waals surface area (Å²) in [6.45, 7) is 4.24. The lowest BCUT2D eigenvalue weighted by Crippen LogP contribution is -2.34. The Labute approximate surface area is 153 Å². The Hall–Kier alpha value is -2.69. The molecule has 1 fully saturated rings. The third-order valence-electron chi connectivity index (χ3n) is 4.83. The van der Waals surface area contributed by atoms with Gasteiger partial charge >= 0.3 is 0 Å². The standard InChI is InChI=1S/C21H23FN2O2/c1-3-15-6-4-9-19(10-15)24-13-17(12-20(24)25)21(26)23-14(2)16-7-5-8-18(22)11-16/h4-11,14,17H,3,12-13H2,1-2H3,(H,23,26). The van der Waals surface area contributed by atoms with Crippen molar-refractivity contribution in [1.82, 2.24) is 5.32 Å². The lowest BCUT2D eigenvalue weighted by atomic mass is 10.0. The predicted molar refractivity (Wildman–Crippen MR) is 99.2 cm³/mol. The molecule has 136 valence electrons. The van der Waals surface area contributed by atoms with Crippen molar-refractivity contribution in [3.05, 3.63) is 65.5 Å². The van der Waals surface area contributed by atoms with Gasteiger partial charge in [-0.05, 0) is 48.7 Å². The first-order valence-corrected chi connectivity index (χ1v) is 8.93. The van der Waals surface area contributed by atoms with Crippen molar-refractivity contribution in [3.63, 3.8) is 0 Å². The van der Waals surface area contributed by atoms with Crippen LogP contribution in [0.15, 0.2) is 48.5 Å². The lowest BCUT2D eigenvalue weighted by Gasteiger charge is -2.19. The van der Waals surface area contributed by atoms with Crippen molar-refractivity contribution in [3.8, 4) is 0 Å². The van der Waals surface area contributed by atoms with Gasteiger partial charge in [0.1, 0.15) is 5.82 Å². The molecule has 2 aromatic carbocycles. The Morgan fingerprint density at radius 2 is 2.04 bits per heavy atom. The third-order valence-corrected chi connectivity index (χ3v) is 4.83. The fraction of sp³-hybridized carbons (Fsp3) is 0.333. The minimum Gasteiger partial charge on any atom is -0.349 e. The summed E-state index contributed by atoms with van der Waals surface area (Å²) in [7, 11) is 0. The molecule has 0 radical (unpaired) electrons. The van der Waals surface area contributed by atoms with Crippen molar-refractivity contribution < 1.29 is 14.0 Å². The molecule has 2 aromatic rings. The smallest absolute Gasteiger partial charge is 0.227 e. The number of nitrogens with zero attached hydrogens (tertiary/aromatic N) is 1. The van der Waals surface area contributed by atoms with Gasteiger partial charge in [-0.25, -0.2) is 4.39 Å². The van der Waals surface area contributed by atoms with Crippen LogP contribution in [0.2, 0.25) is 0 Å². The summed E-state index contributed by atoms with van der Waals surface area (Å²) in [4.78, 5) is 26.6. The average Bonchev–Trinajstić information content (AvgIpc) is 3.03. The maximum absolute atomic E-state index is 13.4. The van der Waals surface area contributed by atoms with E-state index >= 15 is 0 Å². The molecule has 4 nitrogen and oxygen atoms in total. The highest BCUT2D eigenvalue weighted by Gasteiger charge is 2.35. The number of rotatable bonds is 5. The van der Waals surface area contributed by atoms with Crippen LogP contribution in [0.3, 0.4) is 0 Å². The number of carbonyl (C=O) groups is 2. The molecule has 5 heteroatoms. The number of halogens is 1. The second-order valence-corrected chi connectivity index (χ2v) is 6.71. The van der Waals surface area contributed by atoms with E-state index in [2.05, 4.69) is 12.2 Å². The molecule has 1 aliphatic heterocycles. The molecule has 3 rings (SSSR count). The Morgan fingerprint density at radius 1 is 1.27 bits per heavy atom. The Bertz CT molecular complexity index is 821. The van der Waals surface area contributed by atoms with Crippen LogP contribution in [0.5, 0.6) is 0 Å². The summed E-state index contributed by atoms with van der Waals surface area (Å²) < 4.78 is 13.4. The van der Waals surface area contributed by atoms with Gasteiger partial charge in [-0.3, -0.25) is 9.59 Å². The van der Waals surface area contributed by atoms with E-state index in [0.29, 0.717) is 12.1 Å². The second-order valence-electron chi connectivity index (χ2n) is 6.71. The van der Waals surface area contributed by atoms with Crippen LogP contribution >= 0.6 is 0 Å². The van der Waals surface area contributed by atoms with E-state index in [0.717, 1.165) is 17.7 Å². The first kappa shape index (κ1) is 18.1. The summed E-state index contributed by atoms with van der Waals surface area (Å²) >= 11 is 0. The Morgan fingerprint density at radius 3 is 2.77 bits per heavy atom. The molecule has 0 spiro atoms. The molecule has 1 aliphatic rings. The highest BCUT2D eigenvalue weighted by molar-refractivity contribution is 6.00. The zero-order valence-corrected chi connectivity index (χ0v) is 15.0. The number of benzene rings is 2. The number of nitrogens with one attached hydrogen (secondary N) is 1. The molecule has 26 heavy (non-hydrogen) atoms. The molecule has 1 N–H and O–H groups in total. The van der Waals surface area contributed by atoms with E-state index in [1.807, 2.05) is 31.2 Å². The topological polar surface area (TPSA) is 49.4 Å². The van der Waals surface area contributed by atoms with Crippen molar-refractivity contribution in [2.24, 2.45) is 5.92 Å². The Balaban J connectivity index is 1.67. The molecular weight excluding hydrogens is 331 g/mol. The number of carbonyl (C=O) groups excluding carboxylic acids is 2. The zero-order valence-electron chi connectivity index (χ0n) is 15.0. The second kappa shape index (κ2) is 7.68. The summed E-state index contributed by atoms with van der Waals surface area (Å²) in [5, 5.41) is 2.90. The SMILES string of the molecule is CCc1cccc(N2CC(C(=O)NC(C)c3cccc(F)c3)CC2=O)c1. The van der Waals surface area contributed by atoms with Crippen LogP contribution in [-0.2, 0) is 16.0 Å². The first-order valence-electron chi connectivity index (χ1n) is 8.93. The molecule has 0 saturated carbocycles. The fourth-order valence-electron chi connectivity index (χ4n) is 3.27. The summed E-state index contributed by atoms with van der Waals surface area (Å²) in [5.41, 5.74) is 2.70. The Kier molecular flexibility index (Phi) is 5.35. The number of amides is 2. The third kappa shape index (κ3) is 3.93. The minimum absolute atomic E-state index is 0.0446. The number of aryl methyl sites for hydroxylation is 1. The van der Waals surface area contributed by atoms with Crippen molar-refractivity contribution in [2.75, 3.05) is 11.4 Å². The van der Waals surface area contributed by atoms with Gasteiger partial charge in [0.05, 0.1) is 12.0 Å². The molecule has 2 amide bonds. The lowest BCUT2D eigenvalue weighted by molar-refractivity contribution is -0.126. The van der Waals surface area contributed by atoms with E-state index in [1.54, 1.807) is 17.0 Å². The van der Waals surface area contributed by atoms with Gasteiger partial charge in [0.25, 0.3) is 0 Å². The maximum Gasteiger partial charge on any atom is 0.227 e. The molecule has 0 aliphatic carbocycles. The number of hydrogen-bond acceptors (Lipinski definition) is 2. The molecule has 1 saturated heterocycles. The van der Waals surface area contributed by atoms with E-state index in [4.69, 9.17) is 0 Å². The van der Waals surface area contributed by atoms with Crippen LogP contribution < -0.4 is 10.2 Å². The summed E-state index contributed by atoms with van der Waals surface area (Å²) in [6.07, 6.45) is 1.09. The highest BCUT2D eigenvalue weighted by Crippen LogP contribution is 2.27. The number of anilines is 1. The molecule has 0 aromatic heterocycles. The minimum atomic E-state index is -0.399. The quantitative estimate of drug-likeness (QED) is 0.892. The van der Waals surface area contributed by atoms with Crippen molar-refractivity contribution in [1.29, 1.82) is 0 Å². The van der Waals surface area contributed by atoms with E-state index in [1.165, 1.54) is 12.1 Å². The van der Waals surface area contributed by atoms with Gasteiger partial charge in [0, 0.05) is 18.7 Å². The van der Waals surface area contributed by atoms with Gasteiger partial charge in [-0.2, -0.15) is 0 Å². The molecule has 2 unspecified atom stereocenters. The van der Waals surface area contributed by atoms with Crippen LogP contribution in [0, 0.1) is 11.7 Å². The van der Waals surface area contributed by atoms with Gasteiger partial charge in [0.2, 0.25) is 11.8 Å². The number of hydrogen-bond donors (Lipinski definition) is 1. The van der Waals surface area contributed by atoms with Crippen LogP contribution in [0.1, 0.15) is 37.4 Å². The van der Waals surface area contributed by atoms with Gasteiger partial charge in [-0.1, -0.05) is 31.2 Å². The van der Waals surface area contributed by atoms with Crippen LogP contribution in [0.25, 0.3) is 0 Å². The van der Waals surface area contributed by atoms with Crippen molar-refractivity contribution in [2.45, 2.75) is 32.7 Å². The highest BCUT2D eigenvalue weighted by atomic mass is 19.1. The molecular formula is C21H23FN2O2. The molecule has 0 bridgehead atoms. The van der Waals surface area contributed by atoms with Crippen LogP contribution in [0.4, 0.5) is 10.1 Å². The van der Waals surface area contributed by atoms with E-state index in [9.17, 15) is 14.0 Å². The normalized spacial score (nSPS) is 18.0. The van der Waals surface area contributed by atoms with E-state index in [-0.39, 0.29) is 30.1 Å². The summed E-state index contributed by atoms with van der Waals surface area (Å²) in [5.74, 6) is -0.952. The largest absolute Gasteiger partial charge is 0.349 e. The maximum atomic E-state index is 13.4. The zero-order chi connectivity index (χ0) is 18.7. The predicted octanol–water partition coefficient (Wildman–Crippen LogP) is 3.62.